The Morgan fingerprint density at radius 3 is 2.64 bits per heavy atom. The van der Waals surface area contributed by atoms with Gasteiger partial charge in [0.05, 0.1) is 5.56 Å². The molecule has 2 aromatic rings. The number of aromatic nitrogens is 1. The molecule has 1 aliphatic rings. The average molecular weight is 415 g/mol. The van der Waals surface area contributed by atoms with Crippen LogP contribution in [-0.2, 0) is 17.1 Å². The van der Waals surface area contributed by atoms with E-state index in [1.165, 1.54) is 23.9 Å². The lowest BCUT2D eigenvalue weighted by Crippen LogP contribution is -2.30. The molecule has 3 rings (SSSR count). The van der Waals surface area contributed by atoms with Crippen LogP contribution in [0.15, 0.2) is 35.4 Å². The number of hydrogen-bond acceptors (Lipinski definition) is 3. The summed E-state index contributed by atoms with van der Waals surface area (Å²) in [5, 5.41) is 2.41. The van der Waals surface area contributed by atoms with E-state index < -0.39 is 39.8 Å². The number of alkyl halides is 2. The molecule has 0 unspecified atom stereocenters. The molecule has 1 amide bonds. The highest BCUT2D eigenvalue weighted by Crippen LogP contribution is 2.28. The molecule has 0 saturated carbocycles. The third-order valence-corrected chi connectivity index (χ3v) is 5.66. The normalized spacial score (nSPS) is 17.6. The Morgan fingerprint density at radius 1 is 1.32 bits per heavy atom. The fraction of sp³-hybridized carbons (Fsp3) is 0.278. The number of nitrogens with one attached hydrogen (secondary N) is 2. The van der Waals surface area contributed by atoms with Crippen LogP contribution in [0, 0.1) is 5.82 Å². The van der Waals surface area contributed by atoms with Gasteiger partial charge in [0, 0.05) is 30.5 Å². The van der Waals surface area contributed by atoms with E-state index in [2.05, 4.69) is 10.0 Å². The topological polar surface area (TPSA) is 80.2 Å². The lowest BCUT2D eigenvalue weighted by molar-refractivity contribution is 0.101. The molecule has 1 atom stereocenters. The van der Waals surface area contributed by atoms with E-state index in [0.717, 1.165) is 18.2 Å². The van der Waals surface area contributed by atoms with Crippen molar-refractivity contribution in [2.24, 2.45) is 7.05 Å². The van der Waals surface area contributed by atoms with Gasteiger partial charge in [0.15, 0.2) is 0 Å². The van der Waals surface area contributed by atoms with Crippen molar-refractivity contribution in [2.45, 2.75) is 31.7 Å². The molecule has 0 saturated heterocycles. The van der Waals surface area contributed by atoms with Crippen molar-refractivity contribution in [1.29, 1.82) is 0 Å². The van der Waals surface area contributed by atoms with Gasteiger partial charge < -0.3 is 9.88 Å². The fourth-order valence-corrected chi connectivity index (χ4v) is 4.29. The summed E-state index contributed by atoms with van der Waals surface area (Å²) in [5.74, 6) is -1.79. The highest BCUT2D eigenvalue weighted by Gasteiger charge is 2.29. The molecule has 0 bridgehead atoms. The summed E-state index contributed by atoms with van der Waals surface area (Å²) < 4.78 is 67.6. The number of sulfonamides is 1. The summed E-state index contributed by atoms with van der Waals surface area (Å²) in [4.78, 5) is 12.6. The Morgan fingerprint density at radius 2 is 2.00 bits per heavy atom. The minimum absolute atomic E-state index is 0. The van der Waals surface area contributed by atoms with Crippen LogP contribution in [0.4, 0.5) is 18.9 Å². The van der Waals surface area contributed by atoms with Crippen LogP contribution < -0.4 is 10.0 Å². The van der Waals surface area contributed by atoms with Gasteiger partial charge in [0.25, 0.3) is 12.3 Å². The maximum atomic E-state index is 13.4. The first kappa shape index (κ1) is 21.7. The Labute approximate surface area is 161 Å². The maximum Gasteiger partial charge on any atom is 0.272 e. The van der Waals surface area contributed by atoms with Gasteiger partial charge in [0.2, 0.25) is 10.0 Å². The molecule has 1 aliphatic heterocycles. The number of benzene rings is 1. The summed E-state index contributed by atoms with van der Waals surface area (Å²) in [6, 6.07) is 2.36. The molecule has 6 nitrogen and oxygen atoms in total. The minimum atomic E-state index is -3.82. The predicted molar refractivity (Wildman–Crippen MR) is 100 cm³/mol. The summed E-state index contributed by atoms with van der Waals surface area (Å²) in [7, 11) is -2.33. The van der Waals surface area contributed by atoms with Crippen LogP contribution in [0.2, 0.25) is 0 Å². The zero-order chi connectivity index (χ0) is 19.9. The molecule has 152 valence electrons. The lowest BCUT2D eigenvalue weighted by atomic mass is 10.1. The third-order valence-electron chi connectivity index (χ3n) is 4.07. The van der Waals surface area contributed by atoms with Crippen molar-refractivity contribution >= 4 is 27.7 Å². The summed E-state index contributed by atoms with van der Waals surface area (Å²) in [5.41, 5.74) is -0.649. The smallest absolute Gasteiger partial charge is 0.272 e. The van der Waals surface area contributed by atoms with Crippen molar-refractivity contribution in [2.75, 3.05) is 5.32 Å². The molecular formula is C18H20F3N3O3S. The number of nitrogens with zero attached hydrogens (tertiary/aromatic N) is 1. The molecule has 0 radical (unpaired) electrons. The third kappa shape index (κ3) is 3.97. The quantitative estimate of drug-likeness (QED) is 0.803. The van der Waals surface area contributed by atoms with Gasteiger partial charge in [-0.3, -0.25) is 4.79 Å². The van der Waals surface area contributed by atoms with E-state index in [0.29, 0.717) is 0 Å². The number of anilines is 1. The minimum Gasteiger partial charge on any atom is -0.345 e. The number of carbonyl (C=O) groups is 1. The van der Waals surface area contributed by atoms with Gasteiger partial charge in [-0.15, -0.1) is 0 Å². The van der Waals surface area contributed by atoms with Crippen LogP contribution in [0.5, 0.6) is 0 Å². The van der Waals surface area contributed by atoms with Crippen LogP contribution in [0.25, 0.3) is 6.08 Å². The van der Waals surface area contributed by atoms with Gasteiger partial charge in [-0.1, -0.05) is 19.6 Å². The zero-order valence-electron chi connectivity index (χ0n) is 14.3. The van der Waals surface area contributed by atoms with Gasteiger partial charge >= 0.3 is 0 Å². The molecule has 28 heavy (non-hydrogen) atoms. The number of amides is 1. The molecular weight excluding hydrogens is 395 g/mol. The maximum absolute atomic E-state index is 13.4. The SMILES string of the molecule is C.C[C@H]1C=Cc2c(cn(C)c2C(=O)Nc2ccc(F)c(C(F)F)c2)S(=O)(=O)N1. The van der Waals surface area contributed by atoms with Crippen molar-refractivity contribution in [1.82, 2.24) is 9.29 Å². The van der Waals surface area contributed by atoms with E-state index in [1.54, 1.807) is 13.0 Å². The van der Waals surface area contributed by atoms with Crippen LogP contribution in [-0.4, -0.2) is 24.9 Å². The van der Waals surface area contributed by atoms with Crippen LogP contribution in [0.3, 0.4) is 0 Å². The number of fused-ring (bicyclic) bond motifs is 1. The van der Waals surface area contributed by atoms with Crippen LogP contribution >= 0.6 is 0 Å². The number of rotatable bonds is 3. The Bertz CT molecular complexity index is 1050. The van der Waals surface area contributed by atoms with E-state index in [-0.39, 0.29) is 29.3 Å². The van der Waals surface area contributed by atoms with Crippen molar-refractivity contribution in [3.8, 4) is 0 Å². The van der Waals surface area contributed by atoms with E-state index in [9.17, 15) is 26.4 Å². The molecule has 0 fully saturated rings. The fourth-order valence-electron chi connectivity index (χ4n) is 2.84. The zero-order valence-corrected chi connectivity index (χ0v) is 15.1. The van der Waals surface area contributed by atoms with Crippen molar-refractivity contribution in [3.63, 3.8) is 0 Å². The largest absolute Gasteiger partial charge is 0.345 e. The van der Waals surface area contributed by atoms with Gasteiger partial charge in [-0.25, -0.2) is 26.3 Å². The predicted octanol–water partition coefficient (Wildman–Crippen LogP) is 3.68. The van der Waals surface area contributed by atoms with Crippen molar-refractivity contribution in [3.05, 3.63) is 53.1 Å². The molecule has 1 aromatic heterocycles. The van der Waals surface area contributed by atoms with E-state index in [1.807, 2.05) is 0 Å². The molecule has 10 heteroatoms. The highest BCUT2D eigenvalue weighted by molar-refractivity contribution is 7.89. The summed E-state index contributed by atoms with van der Waals surface area (Å²) in [6.45, 7) is 1.64. The second-order valence-electron chi connectivity index (χ2n) is 6.13. The molecule has 0 spiro atoms. The lowest BCUT2D eigenvalue weighted by Gasteiger charge is -2.10. The monoisotopic (exact) mass is 415 g/mol. The number of halogens is 3. The van der Waals surface area contributed by atoms with Gasteiger partial charge in [-0.2, -0.15) is 0 Å². The highest BCUT2D eigenvalue weighted by atomic mass is 32.2. The first-order chi connectivity index (χ1) is 12.6. The number of hydrogen-bond donors (Lipinski definition) is 2. The second-order valence-corrected chi connectivity index (χ2v) is 7.81. The standard InChI is InChI=1S/C17H16F3N3O3S.CH4/c1-9-3-5-11-14(27(25,26)22-9)8-23(2)15(11)17(24)21-10-4-6-13(18)12(7-10)16(19)20;/h3-9,16,22H,1-2H3,(H,21,24);1H4/t9-;/m0./s1. The first-order valence-electron chi connectivity index (χ1n) is 7.89. The number of carbonyl (C=O) groups excluding carboxylic acids is 1. The Kier molecular flexibility index (Phi) is 6.05. The Balaban J connectivity index is 0.00000280. The van der Waals surface area contributed by atoms with Crippen molar-refractivity contribution < 1.29 is 26.4 Å². The van der Waals surface area contributed by atoms with E-state index in [4.69, 9.17) is 0 Å². The average Bonchev–Trinajstić information content (AvgIpc) is 2.86. The van der Waals surface area contributed by atoms with Crippen LogP contribution in [0.1, 0.15) is 42.4 Å². The molecule has 1 aromatic carbocycles. The first-order valence-corrected chi connectivity index (χ1v) is 9.37. The molecule has 0 aliphatic carbocycles. The van der Waals surface area contributed by atoms with E-state index >= 15 is 0 Å². The van der Waals surface area contributed by atoms with Gasteiger partial charge in [-0.05, 0) is 25.1 Å². The molecule has 2 heterocycles. The molecule has 2 N–H and O–H groups in total. The summed E-state index contributed by atoms with van der Waals surface area (Å²) in [6.07, 6.45) is 1.37. The number of aryl methyl sites for hydroxylation is 1. The van der Waals surface area contributed by atoms with Gasteiger partial charge in [0.1, 0.15) is 16.4 Å². The second kappa shape index (κ2) is 7.80. The Hall–Kier alpha value is -2.59. The summed E-state index contributed by atoms with van der Waals surface area (Å²) >= 11 is 0.